The summed E-state index contributed by atoms with van der Waals surface area (Å²) >= 11 is 0. The average Bonchev–Trinajstić information content (AvgIpc) is 3.53. The number of rotatable bonds is 3. The summed E-state index contributed by atoms with van der Waals surface area (Å²) in [6.45, 7) is 0. The van der Waals surface area contributed by atoms with Crippen LogP contribution in [0.2, 0.25) is 0 Å². The molecule has 3 aromatic heterocycles. The van der Waals surface area contributed by atoms with E-state index in [2.05, 4.69) is 84.9 Å². The molecule has 0 spiro atoms. The van der Waals surface area contributed by atoms with E-state index in [1.807, 2.05) is 60.7 Å². The van der Waals surface area contributed by atoms with Gasteiger partial charge in [-0.3, -0.25) is 0 Å². The van der Waals surface area contributed by atoms with Crippen molar-refractivity contribution in [3.63, 3.8) is 0 Å². The lowest BCUT2D eigenvalue weighted by atomic mass is 9.99. The first-order valence-corrected chi connectivity index (χ1v) is 15.6. The molecule has 5 heteroatoms. The fourth-order valence-corrected chi connectivity index (χ4v) is 6.83. The molecule has 0 saturated carbocycles. The monoisotopic (exact) mass is 600 g/mol. The maximum absolute atomic E-state index is 6.15. The summed E-state index contributed by atoms with van der Waals surface area (Å²) in [7, 11) is 0. The van der Waals surface area contributed by atoms with Gasteiger partial charge in [-0.25, -0.2) is 19.9 Å². The summed E-state index contributed by atoms with van der Waals surface area (Å²) in [5.74, 6) is 1.73. The topological polar surface area (TPSA) is 64.7 Å². The molecule has 218 valence electrons. The first-order valence-electron chi connectivity index (χ1n) is 15.6. The third-order valence-corrected chi connectivity index (χ3v) is 9.08. The van der Waals surface area contributed by atoms with Gasteiger partial charge in [0.05, 0.1) is 5.52 Å². The first-order chi connectivity index (χ1) is 23.3. The highest BCUT2D eigenvalue weighted by Crippen LogP contribution is 2.37. The summed E-state index contributed by atoms with van der Waals surface area (Å²) in [5.41, 5.74) is 5.22. The molecule has 10 aromatic rings. The zero-order chi connectivity index (χ0) is 30.9. The Morgan fingerprint density at radius 3 is 1.91 bits per heavy atom. The highest BCUT2D eigenvalue weighted by Gasteiger charge is 2.16. The Morgan fingerprint density at radius 1 is 0.362 bits per heavy atom. The lowest BCUT2D eigenvalue weighted by molar-refractivity contribution is 0.669. The largest absolute Gasteiger partial charge is 0.456 e. The molecule has 7 aromatic carbocycles. The van der Waals surface area contributed by atoms with Crippen molar-refractivity contribution in [1.29, 1.82) is 0 Å². The van der Waals surface area contributed by atoms with Gasteiger partial charge in [0.15, 0.2) is 17.5 Å². The van der Waals surface area contributed by atoms with Crippen LogP contribution < -0.4 is 0 Å². The number of aromatic nitrogens is 4. The SMILES string of the molecule is c1ccc(-c2nc(-c3ccc4c(ccc5oc6ccccc6c54)c3)nc(-c3ccc4ccc5ccc6ccccc6c5c4n3)n2)cc1. The number of pyridine rings is 1. The van der Waals surface area contributed by atoms with E-state index in [-0.39, 0.29) is 0 Å². The first kappa shape index (κ1) is 25.8. The average molecular weight is 601 g/mol. The molecule has 0 N–H and O–H groups in total. The Hall–Kier alpha value is -6.46. The Morgan fingerprint density at radius 2 is 1.02 bits per heavy atom. The number of furan rings is 1. The second kappa shape index (κ2) is 10.0. The Balaban J connectivity index is 1.19. The van der Waals surface area contributed by atoms with Crippen LogP contribution in [0.15, 0.2) is 150 Å². The van der Waals surface area contributed by atoms with Crippen molar-refractivity contribution < 1.29 is 4.42 Å². The molecule has 0 radical (unpaired) electrons. The van der Waals surface area contributed by atoms with Crippen LogP contribution in [0.5, 0.6) is 0 Å². The van der Waals surface area contributed by atoms with E-state index in [0.29, 0.717) is 23.2 Å². The van der Waals surface area contributed by atoms with Crippen molar-refractivity contribution in [1.82, 2.24) is 19.9 Å². The van der Waals surface area contributed by atoms with Gasteiger partial charge in [0, 0.05) is 32.7 Å². The zero-order valence-electron chi connectivity index (χ0n) is 25.1. The highest BCUT2D eigenvalue weighted by molar-refractivity contribution is 6.20. The zero-order valence-corrected chi connectivity index (χ0v) is 25.1. The van der Waals surface area contributed by atoms with Gasteiger partial charge in [-0.05, 0) is 51.2 Å². The second-order valence-corrected chi connectivity index (χ2v) is 11.9. The van der Waals surface area contributed by atoms with E-state index >= 15 is 0 Å². The fourth-order valence-electron chi connectivity index (χ4n) is 6.83. The molecule has 10 rings (SSSR count). The number of benzene rings is 7. The third-order valence-electron chi connectivity index (χ3n) is 9.08. The minimum Gasteiger partial charge on any atom is -0.456 e. The molecular formula is C42H24N4O. The molecule has 0 saturated heterocycles. The predicted molar refractivity (Wildman–Crippen MR) is 191 cm³/mol. The van der Waals surface area contributed by atoms with E-state index in [4.69, 9.17) is 24.4 Å². The number of fused-ring (bicyclic) bond motifs is 10. The molecule has 0 aliphatic rings. The van der Waals surface area contributed by atoms with Crippen LogP contribution in [-0.4, -0.2) is 19.9 Å². The minimum atomic E-state index is 0.532. The van der Waals surface area contributed by atoms with Crippen molar-refractivity contribution in [3.05, 3.63) is 146 Å². The highest BCUT2D eigenvalue weighted by atomic mass is 16.3. The second-order valence-electron chi connectivity index (χ2n) is 11.9. The maximum Gasteiger partial charge on any atom is 0.182 e. The van der Waals surface area contributed by atoms with Gasteiger partial charge in [-0.2, -0.15) is 0 Å². The van der Waals surface area contributed by atoms with Gasteiger partial charge in [0.2, 0.25) is 0 Å². The van der Waals surface area contributed by atoms with Crippen LogP contribution in [0.3, 0.4) is 0 Å². The van der Waals surface area contributed by atoms with Crippen molar-refractivity contribution in [2.75, 3.05) is 0 Å². The van der Waals surface area contributed by atoms with Crippen molar-refractivity contribution >= 4 is 65.2 Å². The van der Waals surface area contributed by atoms with Crippen LogP contribution in [-0.2, 0) is 0 Å². The van der Waals surface area contributed by atoms with E-state index in [1.54, 1.807) is 0 Å². The summed E-state index contributed by atoms with van der Waals surface area (Å²) < 4.78 is 6.15. The van der Waals surface area contributed by atoms with Gasteiger partial charge in [-0.1, -0.05) is 121 Å². The molecule has 5 nitrogen and oxygen atoms in total. The molecule has 0 aliphatic carbocycles. The molecule has 0 atom stereocenters. The Kier molecular flexibility index (Phi) is 5.51. The predicted octanol–water partition coefficient (Wildman–Crippen LogP) is 10.8. The summed E-state index contributed by atoms with van der Waals surface area (Å²) in [5, 5.41) is 10.2. The van der Waals surface area contributed by atoms with Gasteiger partial charge >= 0.3 is 0 Å². The number of nitrogens with zero attached hydrogens (tertiary/aromatic N) is 4. The van der Waals surface area contributed by atoms with Crippen molar-refractivity contribution in [3.8, 4) is 34.3 Å². The molecule has 0 aliphatic heterocycles. The lowest BCUT2D eigenvalue weighted by Crippen LogP contribution is -2.01. The fraction of sp³-hybridized carbons (Fsp3) is 0. The summed E-state index contributed by atoms with van der Waals surface area (Å²) in [4.78, 5) is 20.3. The molecular weight excluding hydrogens is 576 g/mol. The van der Waals surface area contributed by atoms with Gasteiger partial charge in [-0.15, -0.1) is 0 Å². The molecule has 0 bridgehead atoms. The van der Waals surface area contributed by atoms with Gasteiger partial charge < -0.3 is 4.42 Å². The van der Waals surface area contributed by atoms with Crippen LogP contribution in [0.4, 0.5) is 0 Å². The van der Waals surface area contributed by atoms with Crippen molar-refractivity contribution in [2.45, 2.75) is 0 Å². The lowest BCUT2D eigenvalue weighted by Gasteiger charge is -2.11. The molecule has 0 unspecified atom stereocenters. The number of hydrogen-bond acceptors (Lipinski definition) is 5. The Labute approximate surface area is 268 Å². The van der Waals surface area contributed by atoms with Crippen molar-refractivity contribution in [2.24, 2.45) is 0 Å². The normalized spacial score (nSPS) is 11.8. The molecule has 3 heterocycles. The van der Waals surface area contributed by atoms with Gasteiger partial charge in [0.25, 0.3) is 0 Å². The summed E-state index contributed by atoms with van der Waals surface area (Å²) in [6, 6.07) is 50.0. The molecule has 47 heavy (non-hydrogen) atoms. The summed E-state index contributed by atoms with van der Waals surface area (Å²) in [6.07, 6.45) is 0. The maximum atomic E-state index is 6.15. The standard InChI is InChI=1S/C42H24N4O/c1-2-9-28(10-3-1)40-44-41(30-18-21-32-29(24-30)20-23-36-38(32)33-12-6-7-13-35(33)47-36)46-42(45-40)34-22-19-27-17-16-26-15-14-25-8-4-5-11-31(25)37(26)39(27)43-34/h1-24H. The Bertz CT molecular complexity index is 2850. The number of hydrogen-bond donors (Lipinski definition) is 0. The van der Waals surface area contributed by atoms with E-state index in [1.165, 1.54) is 10.8 Å². The van der Waals surface area contributed by atoms with E-state index in [0.717, 1.165) is 65.5 Å². The van der Waals surface area contributed by atoms with Gasteiger partial charge in [0.1, 0.15) is 16.9 Å². The quantitative estimate of drug-likeness (QED) is 0.189. The van der Waals surface area contributed by atoms with E-state index < -0.39 is 0 Å². The van der Waals surface area contributed by atoms with Crippen LogP contribution in [0.1, 0.15) is 0 Å². The van der Waals surface area contributed by atoms with Crippen LogP contribution >= 0.6 is 0 Å². The van der Waals surface area contributed by atoms with Crippen LogP contribution in [0, 0.1) is 0 Å². The van der Waals surface area contributed by atoms with E-state index in [9.17, 15) is 0 Å². The molecule has 0 amide bonds. The third kappa shape index (κ3) is 4.10. The smallest absolute Gasteiger partial charge is 0.182 e. The van der Waals surface area contributed by atoms with Crippen LogP contribution in [0.25, 0.3) is 99.5 Å². The molecule has 0 fully saturated rings. The minimum absolute atomic E-state index is 0.532. The number of para-hydroxylation sites is 1.